The van der Waals surface area contributed by atoms with Crippen molar-refractivity contribution in [1.29, 1.82) is 5.26 Å². The van der Waals surface area contributed by atoms with E-state index in [1.807, 2.05) is 56.4 Å². The third-order valence-electron chi connectivity index (χ3n) is 3.19. The van der Waals surface area contributed by atoms with E-state index in [9.17, 15) is 0 Å². The minimum absolute atomic E-state index is 0.683. The van der Waals surface area contributed by atoms with Crippen molar-refractivity contribution in [3.63, 3.8) is 0 Å². The van der Waals surface area contributed by atoms with E-state index in [-0.39, 0.29) is 0 Å². The summed E-state index contributed by atoms with van der Waals surface area (Å²) in [5, 5.41) is 8.91. The Balaban J connectivity index is 2.23. The summed E-state index contributed by atoms with van der Waals surface area (Å²) in [6.07, 6.45) is 0. The predicted octanol–water partition coefficient (Wildman–Crippen LogP) is 3.09. The predicted molar refractivity (Wildman–Crippen MR) is 78.9 cm³/mol. The number of nitrogen functional groups attached to an aromatic ring is 1. The molecule has 0 aromatic heterocycles. The molecule has 0 atom stereocenters. The molecule has 2 aromatic rings. The van der Waals surface area contributed by atoms with Crippen LogP contribution in [0.15, 0.2) is 42.5 Å². The molecule has 0 unspecified atom stereocenters. The largest absolute Gasteiger partial charge is 0.397 e. The lowest BCUT2D eigenvalue weighted by atomic mass is 10.1. The second kappa shape index (κ2) is 5.45. The SMILES string of the molecule is Cc1cccc(N(C)Cc2cccc(C#N)c2)c1N. The van der Waals surface area contributed by atoms with E-state index in [0.29, 0.717) is 5.56 Å². The summed E-state index contributed by atoms with van der Waals surface area (Å²) < 4.78 is 0. The Morgan fingerprint density at radius 2 is 1.95 bits per heavy atom. The lowest BCUT2D eigenvalue weighted by Gasteiger charge is -2.22. The van der Waals surface area contributed by atoms with Gasteiger partial charge in [-0.25, -0.2) is 0 Å². The van der Waals surface area contributed by atoms with Gasteiger partial charge >= 0.3 is 0 Å². The van der Waals surface area contributed by atoms with E-state index in [2.05, 4.69) is 11.0 Å². The van der Waals surface area contributed by atoms with E-state index < -0.39 is 0 Å². The van der Waals surface area contributed by atoms with Crippen LogP contribution < -0.4 is 10.6 Å². The molecule has 0 aliphatic rings. The van der Waals surface area contributed by atoms with Crippen LogP contribution in [0.25, 0.3) is 0 Å². The lowest BCUT2D eigenvalue weighted by molar-refractivity contribution is 0.923. The number of anilines is 2. The van der Waals surface area contributed by atoms with Crippen LogP contribution in [-0.2, 0) is 6.54 Å². The minimum atomic E-state index is 0.683. The molecule has 0 saturated heterocycles. The molecule has 0 saturated carbocycles. The first-order valence-corrected chi connectivity index (χ1v) is 6.17. The van der Waals surface area contributed by atoms with E-state index in [4.69, 9.17) is 11.0 Å². The van der Waals surface area contributed by atoms with Gasteiger partial charge < -0.3 is 10.6 Å². The van der Waals surface area contributed by atoms with Crippen LogP contribution in [0.2, 0.25) is 0 Å². The van der Waals surface area contributed by atoms with Gasteiger partial charge in [0, 0.05) is 13.6 Å². The number of nitrogens with zero attached hydrogens (tertiary/aromatic N) is 2. The zero-order valence-corrected chi connectivity index (χ0v) is 11.2. The van der Waals surface area contributed by atoms with Gasteiger partial charge in [0.2, 0.25) is 0 Å². The minimum Gasteiger partial charge on any atom is -0.397 e. The maximum atomic E-state index is 8.91. The highest BCUT2D eigenvalue weighted by Crippen LogP contribution is 2.26. The van der Waals surface area contributed by atoms with E-state index in [1.165, 1.54) is 0 Å². The summed E-state index contributed by atoms with van der Waals surface area (Å²) in [5.41, 5.74) is 10.8. The third-order valence-corrected chi connectivity index (χ3v) is 3.19. The van der Waals surface area contributed by atoms with Crippen LogP contribution >= 0.6 is 0 Å². The van der Waals surface area contributed by atoms with Gasteiger partial charge in [-0.1, -0.05) is 24.3 Å². The molecule has 19 heavy (non-hydrogen) atoms. The molecule has 0 fully saturated rings. The van der Waals surface area contributed by atoms with Gasteiger partial charge in [0.05, 0.1) is 23.0 Å². The summed E-state index contributed by atoms with van der Waals surface area (Å²) in [6.45, 7) is 2.73. The van der Waals surface area contributed by atoms with E-state index in [1.54, 1.807) is 0 Å². The summed E-state index contributed by atoms with van der Waals surface area (Å²) in [5.74, 6) is 0. The number of benzene rings is 2. The van der Waals surface area contributed by atoms with Crippen LogP contribution in [0.1, 0.15) is 16.7 Å². The first kappa shape index (κ1) is 13.0. The fraction of sp³-hybridized carbons (Fsp3) is 0.188. The molecule has 0 bridgehead atoms. The summed E-state index contributed by atoms with van der Waals surface area (Å²) in [7, 11) is 2.00. The van der Waals surface area contributed by atoms with Crippen molar-refractivity contribution < 1.29 is 0 Å². The molecular formula is C16H17N3. The van der Waals surface area contributed by atoms with Crippen molar-refractivity contribution in [3.8, 4) is 6.07 Å². The zero-order chi connectivity index (χ0) is 13.8. The maximum absolute atomic E-state index is 8.91. The number of aryl methyl sites for hydroxylation is 1. The van der Waals surface area contributed by atoms with Crippen molar-refractivity contribution in [3.05, 3.63) is 59.2 Å². The fourth-order valence-electron chi connectivity index (χ4n) is 2.10. The number of nitrogens with two attached hydrogens (primary N) is 1. The van der Waals surface area contributed by atoms with Crippen molar-refractivity contribution in [2.75, 3.05) is 17.7 Å². The quantitative estimate of drug-likeness (QED) is 0.853. The highest BCUT2D eigenvalue weighted by molar-refractivity contribution is 5.70. The molecule has 0 aliphatic heterocycles. The molecule has 0 radical (unpaired) electrons. The third kappa shape index (κ3) is 2.86. The van der Waals surface area contributed by atoms with E-state index in [0.717, 1.165) is 29.0 Å². The standard InChI is InChI=1S/C16H17N3/c1-12-5-3-8-15(16(12)18)19(2)11-14-7-4-6-13(9-14)10-17/h3-9H,11,18H2,1-2H3. The summed E-state index contributed by atoms with van der Waals surface area (Å²) in [4.78, 5) is 2.10. The van der Waals surface area contributed by atoms with Gasteiger partial charge in [-0.2, -0.15) is 5.26 Å². The Hall–Kier alpha value is -2.47. The smallest absolute Gasteiger partial charge is 0.0991 e. The molecule has 2 rings (SSSR count). The highest BCUT2D eigenvalue weighted by atomic mass is 15.1. The first-order chi connectivity index (χ1) is 9.11. The molecule has 96 valence electrons. The lowest BCUT2D eigenvalue weighted by Crippen LogP contribution is -2.18. The molecule has 2 N–H and O–H groups in total. The molecule has 0 amide bonds. The number of para-hydroxylation sites is 1. The van der Waals surface area contributed by atoms with Crippen LogP contribution in [0, 0.1) is 18.3 Å². The monoisotopic (exact) mass is 251 g/mol. The zero-order valence-electron chi connectivity index (χ0n) is 11.2. The molecule has 3 nitrogen and oxygen atoms in total. The second-order valence-corrected chi connectivity index (χ2v) is 4.68. The Morgan fingerprint density at radius 3 is 2.68 bits per heavy atom. The molecule has 2 aromatic carbocycles. The van der Waals surface area contributed by atoms with Crippen LogP contribution in [-0.4, -0.2) is 7.05 Å². The van der Waals surface area contributed by atoms with Crippen molar-refractivity contribution in [1.82, 2.24) is 0 Å². The van der Waals surface area contributed by atoms with Crippen LogP contribution in [0.4, 0.5) is 11.4 Å². The Morgan fingerprint density at radius 1 is 1.21 bits per heavy atom. The van der Waals surface area contributed by atoms with Gasteiger partial charge in [-0.3, -0.25) is 0 Å². The Bertz CT molecular complexity index is 626. The fourth-order valence-corrected chi connectivity index (χ4v) is 2.10. The number of rotatable bonds is 3. The van der Waals surface area contributed by atoms with Gasteiger partial charge in [0.1, 0.15) is 0 Å². The van der Waals surface area contributed by atoms with Crippen molar-refractivity contribution >= 4 is 11.4 Å². The summed E-state index contributed by atoms with van der Waals surface area (Å²) in [6, 6.07) is 15.8. The average molecular weight is 251 g/mol. The summed E-state index contributed by atoms with van der Waals surface area (Å²) >= 11 is 0. The van der Waals surface area contributed by atoms with E-state index >= 15 is 0 Å². The number of hydrogen-bond acceptors (Lipinski definition) is 3. The average Bonchev–Trinajstić information content (AvgIpc) is 2.42. The number of nitriles is 1. The maximum Gasteiger partial charge on any atom is 0.0991 e. The highest BCUT2D eigenvalue weighted by Gasteiger charge is 2.07. The van der Waals surface area contributed by atoms with Gasteiger partial charge in [-0.05, 0) is 36.2 Å². The van der Waals surface area contributed by atoms with Gasteiger partial charge in [0.25, 0.3) is 0 Å². The Kier molecular flexibility index (Phi) is 3.72. The van der Waals surface area contributed by atoms with Crippen LogP contribution in [0.5, 0.6) is 0 Å². The number of hydrogen-bond donors (Lipinski definition) is 1. The molecule has 0 aliphatic carbocycles. The van der Waals surface area contributed by atoms with Gasteiger partial charge in [0.15, 0.2) is 0 Å². The molecule has 0 heterocycles. The molecular weight excluding hydrogens is 234 g/mol. The van der Waals surface area contributed by atoms with Gasteiger partial charge in [-0.15, -0.1) is 0 Å². The normalized spacial score (nSPS) is 9.95. The molecule has 3 heteroatoms. The Labute approximate surface area is 113 Å². The second-order valence-electron chi connectivity index (χ2n) is 4.68. The van der Waals surface area contributed by atoms with Crippen molar-refractivity contribution in [2.24, 2.45) is 0 Å². The molecule has 0 spiro atoms. The first-order valence-electron chi connectivity index (χ1n) is 6.17. The topological polar surface area (TPSA) is 53.0 Å². The van der Waals surface area contributed by atoms with Crippen LogP contribution in [0.3, 0.4) is 0 Å². The van der Waals surface area contributed by atoms with Crippen molar-refractivity contribution in [2.45, 2.75) is 13.5 Å².